The average molecular weight is 472 g/mol. The summed E-state index contributed by atoms with van der Waals surface area (Å²) in [6.45, 7) is 6.06. The summed E-state index contributed by atoms with van der Waals surface area (Å²) in [7, 11) is 1.04. The molecule has 2 aromatic carbocycles. The van der Waals surface area contributed by atoms with Gasteiger partial charge in [0.2, 0.25) is 0 Å². The van der Waals surface area contributed by atoms with Crippen molar-refractivity contribution in [2.24, 2.45) is 0 Å². The number of hydrogen-bond acceptors (Lipinski definition) is 3. The highest BCUT2D eigenvalue weighted by Gasteiger charge is 2.33. The van der Waals surface area contributed by atoms with E-state index in [2.05, 4.69) is 41.4 Å². The molecule has 0 aromatic heterocycles. The van der Waals surface area contributed by atoms with E-state index >= 15 is 0 Å². The lowest BCUT2D eigenvalue weighted by molar-refractivity contribution is -0.151. The number of carbonyl (C=O) groups excluding carboxylic acids is 2. The fourth-order valence-electron chi connectivity index (χ4n) is 2.66. The largest absolute Gasteiger partial charge is 0.462 e. The van der Waals surface area contributed by atoms with Crippen LogP contribution in [0.1, 0.15) is 37.5 Å². The summed E-state index contributed by atoms with van der Waals surface area (Å²) in [5.74, 6) is -2.22. The van der Waals surface area contributed by atoms with Crippen molar-refractivity contribution >= 4 is 33.5 Å². The molecule has 4 nitrogen and oxygen atoms in total. The Morgan fingerprint density at radius 2 is 1.59 bits per heavy atom. The van der Waals surface area contributed by atoms with Gasteiger partial charge in [-0.15, -0.1) is 0 Å². The topological polar surface area (TPSA) is 46.6 Å². The maximum absolute atomic E-state index is 13.2. The van der Waals surface area contributed by atoms with Gasteiger partial charge in [0.05, 0.1) is 19.2 Å². The summed E-state index contributed by atoms with van der Waals surface area (Å²) in [5.41, 5.74) is 0.638. The van der Waals surface area contributed by atoms with E-state index in [-0.39, 0.29) is 22.1 Å². The summed E-state index contributed by atoms with van der Waals surface area (Å²) in [5, 5.41) is 0. The minimum absolute atomic E-state index is 0.0676. The van der Waals surface area contributed by atoms with Crippen LogP contribution in [0.15, 0.2) is 46.9 Å². The third-order valence-corrected chi connectivity index (χ3v) is 4.75. The van der Waals surface area contributed by atoms with E-state index in [1.807, 2.05) is 12.1 Å². The monoisotopic (exact) mass is 471 g/mol. The fraction of sp³-hybridized carbons (Fsp3) is 0.333. The number of hydrogen-bond donors (Lipinski definition) is 0. The van der Waals surface area contributed by atoms with Gasteiger partial charge >= 0.3 is 18.1 Å². The number of alkyl halides is 3. The first kappa shape index (κ1) is 22.9. The second-order valence-electron chi connectivity index (χ2n) is 7.53. The first-order valence-corrected chi connectivity index (χ1v) is 9.49. The van der Waals surface area contributed by atoms with E-state index in [9.17, 15) is 22.8 Å². The van der Waals surface area contributed by atoms with E-state index in [0.717, 1.165) is 29.7 Å². The van der Waals surface area contributed by atoms with Gasteiger partial charge in [-0.05, 0) is 34.7 Å². The van der Waals surface area contributed by atoms with Gasteiger partial charge < -0.3 is 4.74 Å². The highest BCUT2D eigenvalue weighted by atomic mass is 79.9. The summed E-state index contributed by atoms with van der Waals surface area (Å²) in [6.07, 6.45) is -4.60. The number of carbonyl (C=O) groups is 2. The van der Waals surface area contributed by atoms with Crippen molar-refractivity contribution in [2.45, 2.75) is 38.9 Å². The SMILES string of the molecule is COC(=O)C(=O)N(Cc1ccc(C(C)(C)C)cc1)c1cc(Br)cc(C(F)(F)F)c1. The first-order chi connectivity index (χ1) is 13.3. The van der Waals surface area contributed by atoms with Gasteiger partial charge in [0.15, 0.2) is 0 Å². The summed E-state index contributed by atoms with van der Waals surface area (Å²) in [4.78, 5) is 25.3. The maximum Gasteiger partial charge on any atom is 0.416 e. The molecule has 0 aliphatic carbocycles. The zero-order valence-electron chi connectivity index (χ0n) is 16.4. The van der Waals surface area contributed by atoms with Crippen molar-refractivity contribution in [1.29, 1.82) is 0 Å². The quantitative estimate of drug-likeness (QED) is 0.440. The number of rotatable bonds is 3. The first-order valence-electron chi connectivity index (χ1n) is 8.70. The number of methoxy groups -OCH3 is 1. The van der Waals surface area contributed by atoms with E-state index in [4.69, 9.17) is 0 Å². The van der Waals surface area contributed by atoms with Crippen LogP contribution < -0.4 is 4.90 Å². The van der Waals surface area contributed by atoms with Crippen LogP contribution in [0.2, 0.25) is 0 Å². The molecule has 0 radical (unpaired) electrons. The van der Waals surface area contributed by atoms with Gasteiger partial charge in [0.1, 0.15) is 0 Å². The van der Waals surface area contributed by atoms with Crippen molar-refractivity contribution in [3.05, 3.63) is 63.6 Å². The molecule has 0 bridgehead atoms. The van der Waals surface area contributed by atoms with Crippen LogP contribution in [0, 0.1) is 0 Å². The molecule has 0 heterocycles. The van der Waals surface area contributed by atoms with Crippen LogP contribution in [0.25, 0.3) is 0 Å². The molecule has 0 aliphatic rings. The number of benzene rings is 2. The number of halogens is 4. The normalized spacial score (nSPS) is 11.9. The van der Waals surface area contributed by atoms with Gasteiger partial charge in [0.25, 0.3) is 0 Å². The van der Waals surface area contributed by atoms with Gasteiger partial charge in [-0.25, -0.2) is 4.79 Å². The third-order valence-electron chi connectivity index (χ3n) is 4.29. The molecule has 29 heavy (non-hydrogen) atoms. The molecule has 2 aromatic rings. The standard InChI is InChI=1S/C21H21BrF3NO3/c1-20(2,3)14-7-5-13(6-8-14)12-26(18(27)19(28)29-4)17-10-15(21(23,24)25)9-16(22)11-17/h5-11H,12H2,1-4H3. The molecule has 0 atom stereocenters. The van der Waals surface area contributed by atoms with Crippen molar-refractivity contribution in [3.8, 4) is 0 Å². The van der Waals surface area contributed by atoms with Crippen LogP contribution in [0.3, 0.4) is 0 Å². The molecule has 0 saturated carbocycles. The Bertz CT molecular complexity index is 903. The number of ether oxygens (including phenoxy) is 1. The maximum atomic E-state index is 13.2. The van der Waals surface area contributed by atoms with Crippen LogP contribution in [0.5, 0.6) is 0 Å². The molecule has 0 aliphatic heterocycles. The third kappa shape index (κ3) is 5.82. The number of esters is 1. The Morgan fingerprint density at radius 1 is 1.00 bits per heavy atom. The van der Waals surface area contributed by atoms with Crippen LogP contribution >= 0.6 is 15.9 Å². The Balaban J connectivity index is 2.47. The summed E-state index contributed by atoms with van der Waals surface area (Å²) >= 11 is 3.04. The summed E-state index contributed by atoms with van der Waals surface area (Å²) < 4.78 is 44.2. The molecule has 2 rings (SSSR count). The van der Waals surface area contributed by atoms with E-state index in [1.54, 1.807) is 12.1 Å². The Kier molecular flexibility index (Phi) is 6.78. The zero-order chi connectivity index (χ0) is 22.0. The van der Waals surface area contributed by atoms with Crippen LogP contribution in [-0.4, -0.2) is 19.0 Å². The second kappa shape index (κ2) is 8.57. The smallest absolute Gasteiger partial charge is 0.416 e. The van der Waals surface area contributed by atoms with Crippen molar-refractivity contribution < 1.29 is 27.5 Å². The van der Waals surface area contributed by atoms with Crippen molar-refractivity contribution in [2.75, 3.05) is 12.0 Å². The van der Waals surface area contributed by atoms with E-state index in [1.165, 1.54) is 6.07 Å². The predicted octanol–water partition coefficient (Wildman–Crippen LogP) is 5.47. The molecule has 8 heteroatoms. The molecular formula is C21H21BrF3NO3. The summed E-state index contributed by atoms with van der Waals surface area (Å²) in [6, 6.07) is 10.4. The van der Waals surface area contributed by atoms with Crippen molar-refractivity contribution in [3.63, 3.8) is 0 Å². The molecule has 156 valence electrons. The second-order valence-corrected chi connectivity index (χ2v) is 8.44. The lowest BCUT2D eigenvalue weighted by atomic mass is 9.87. The van der Waals surface area contributed by atoms with Crippen molar-refractivity contribution in [1.82, 2.24) is 0 Å². The Hall–Kier alpha value is -2.35. The lowest BCUT2D eigenvalue weighted by Crippen LogP contribution is -2.37. The number of anilines is 1. The van der Waals surface area contributed by atoms with Gasteiger partial charge in [-0.2, -0.15) is 13.2 Å². The molecule has 0 spiro atoms. The predicted molar refractivity (Wildman–Crippen MR) is 107 cm³/mol. The van der Waals surface area contributed by atoms with Gasteiger partial charge in [0, 0.05) is 10.2 Å². The van der Waals surface area contributed by atoms with E-state index in [0.29, 0.717) is 5.56 Å². The molecule has 0 unspecified atom stereocenters. The molecular weight excluding hydrogens is 451 g/mol. The number of nitrogens with zero attached hydrogens (tertiary/aromatic N) is 1. The fourth-order valence-corrected chi connectivity index (χ4v) is 3.15. The Labute approximate surface area is 175 Å². The molecule has 0 N–H and O–H groups in total. The van der Waals surface area contributed by atoms with E-state index < -0.39 is 23.6 Å². The zero-order valence-corrected chi connectivity index (χ0v) is 18.0. The lowest BCUT2D eigenvalue weighted by Gasteiger charge is -2.24. The number of amides is 1. The highest BCUT2D eigenvalue weighted by Crippen LogP contribution is 2.35. The van der Waals surface area contributed by atoms with Gasteiger partial charge in [-0.1, -0.05) is 61.0 Å². The molecule has 0 fully saturated rings. The highest BCUT2D eigenvalue weighted by molar-refractivity contribution is 9.10. The van der Waals surface area contributed by atoms with Crippen LogP contribution in [-0.2, 0) is 32.5 Å². The molecule has 1 amide bonds. The Morgan fingerprint density at radius 3 is 2.07 bits per heavy atom. The molecule has 0 saturated heterocycles. The minimum Gasteiger partial charge on any atom is -0.462 e. The van der Waals surface area contributed by atoms with Crippen LogP contribution in [0.4, 0.5) is 18.9 Å². The average Bonchev–Trinajstić information content (AvgIpc) is 2.63. The van der Waals surface area contributed by atoms with Gasteiger partial charge in [-0.3, -0.25) is 9.69 Å². The minimum atomic E-state index is -4.60.